The molecule has 0 N–H and O–H groups in total. The number of alkyl halides is 3. The molecule has 0 saturated heterocycles. The Morgan fingerprint density at radius 1 is 1.03 bits per heavy atom. The van der Waals surface area contributed by atoms with Crippen LogP contribution >= 0.6 is 34.8 Å². The first-order valence-electron chi connectivity index (χ1n) is 9.45. The second-order valence-electron chi connectivity index (χ2n) is 7.49. The molecule has 0 saturated carbocycles. The van der Waals surface area contributed by atoms with Crippen LogP contribution in [-0.4, -0.2) is 29.5 Å². The van der Waals surface area contributed by atoms with Crippen LogP contribution in [0.5, 0.6) is 11.5 Å². The molecule has 152 valence electrons. The van der Waals surface area contributed by atoms with E-state index >= 15 is 0 Å². The van der Waals surface area contributed by atoms with Crippen LogP contribution in [0, 0.1) is 0 Å². The van der Waals surface area contributed by atoms with Crippen molar-refractivity contribution in [2.24, 2.45) is 0 Å². The van der Waals surface area contributed by atoms with Gasteiger partial charge in [-0.2, -0.15) is 0 Å². The first kappa shape index (κ1) is 19.4. The van der Waals surface area contributed by atoms with Crippen LogP contribution < -0.4 is 9.47 Å². The van der Waals surface area contributed by atoms with Crippen molar-refractivity contribution in [1.82, 2.24) is 4.90 Å². The second-order valence-corrected chi connectivity index (χ2v) is 9.86. The van der Waals surface area contributed by atoms with E-state index in [2.05, 4.69) is 23.1 Å². The van der Waals surface area contributed by atoms with Crippen LogP contribution in [0.2, 0.25) is 0 Å². The van der Waals surface area contributed by atoms with E-state index in [4.69, 9.17) is 49.0 Å². The molecule has 1 atom stereocenters. The van der Waals surface area contributed by atoms with Gasteiger partial charge < -0.3 is 19.1 Å². The Kier molecular flexibility index (Phi) is 4.67. The summed E-state index contributed by atoms with van der Waals surface area (Å²) in [6, 6.07) is 7.89. The Hall–Kier alpha value is -1.59. The summed E-state index contributed by atoms with van der Waals surface area (Å²) < 4.78 is 15.3. The van der Waals surface area contributed by atoms with Gasteiger partial charge in [0.2, 0.25) is 3.79 Å². The predicted molar refractivity (Wildman–Crippen MR) is 116 cm³/mol. The molecule has 0 aliphatic carbocycles. The zero-order valence-electron chi connectivity index (χ0n) is 16.1. The topological polar surface area (TPSA) is 30.9 Å². The number of benzene rings is 2. The molecule has 3 heterocycles. The fourth-order valence-electron chi connectivity index (χ4n) is 4.69. The number of methoxy groups -OCH3 is 2. The van der Waals surface area contributed by atoms with Crippen LogP contribution in [0.3, 0.4) is 0 Å². The van der Waals surface area contributed by atoms with Crippen molar-refractivity contribution in [3.05, 3.63) is 57.6 Å². The van der Waals surface area contributed by atoms with Gasteiger partial charge in [-0.05, 0) is 46.9 Å². The Morgan fingerprint density at radius 3 is 2.48 bits per heavy atom. The molecule has 2 aromatic rings. The molecule has 1 unspecified atom stereocenters. The van der Waals surface area contributed by atoms with E-state index in [1.54, 1.807) is 14.2 Å². The molecule has 2 aromatic carbocycles. The maximum absolute atomic E-state index is 6.55. The molecule has 3 aliphatic heterocycles. The van der Waals surface area contributed by atoms with Gasteiger partial charge in [-0.15, -0.1) is 0 Å². The largest absolute Gasteiger partial charge is 0.493 e. The van der Waals surface area contributed by atoms with Gasteiger partial charge in [-0.3, -0.25) is 0 Å². The molecule has 5 rings (SSSR count). The fourth-order valence-corrected chi connectivity index (χ4v) is 5.37. The first-order valence-corrected chi connectivity index (χ1v) is 10.6. The first-order chi connectivity index (χ1) is 13.9. The number of nitrogens with zero attached hydrogens (tertiary/aromatic N) is 1. The number of fused-ring (bicyclic) bond motifs is 5. The van der Waals surface area contributed by atoms with Crippen molar-refractivity contribution in [1.29, 1.82) is 0 Å². The molecule has 0 radical (unpaired) electrons. The quantitative estimate of drug-likeness (QED) is 0.562. The predicted octanol–water partition coefficient (Wildman–Crippen LogP) is 5.52. The third-order valence-corrected chi connectivity index (χ3v) is 6.57. The molecule has 0 amide bonds. The van der Waals surface area contributed by atoms with E-state index in [9.17, 15) is 0 Å². The molecule has 4 nitrogen and oxygen atoms in total. The Labute approximate surface area is 184 Å². The third-order valence-electron chi connectivity index (χ3n) is 5.95. The van der Waals surface area contributed by atoms with Gasteiger partial charge in [0.15, 0.2) is 11.5 Å². The van der Waals surface area contributed by atoms with Gasteiger partial charge in [0.1, 0.15) is 6.04 Å². The molecule has 0 fully saturated rings. The lowest BCUT2D eigenvalue weighted by Crippen LogP contribution is -2.41. The van der Waals surface area contributed by atoms with E-state index in [0.29, 0.717) is 24.7 Å². The van der Waals surface area contributed by atoms with Crippen molar-refractivity contribution < 1.29 is 14.2 Å². The summed E-state index contributed by atoms with van der Waals surface area (Å²) in [4.78, 5) is 2.18. The van der Waals surface area contributed by atoms with Crippen LogP contribution in [0.4, 0.5) is 0 Å². The molecule has 29 heavy (non-hydrogen) atoms. The van der Waals surface area contributed by atoms with Gasteiger partial charge in [0.05, 0.1) is 27.4 Å². The Balaban J connectivity index is 1.75. The minimum atomic E-state index is -1.55. The van der Waals surface area contributed by atoms with Crippen molar-refractivity contribution in [3.8, 4) is 11.5 Å². The van der Waals surface area contributed by atoms with E-state index in [0.717, 1.165) is 29.8 Å². The average molecular weight is 453 g/mol. The van der Waals surface area contributed by atoms with Gasteiger partial charge in [-0.25, -0.2) is 0 Å². The summed E-state index contributed by atoms with van der Waals surface area (Å²) >= 11 is 19.7. The minimum Gasteiger partial charge on any atom is -0.493 e. The summed E-state index contributed by atoms with van der Waals surface area (Å²) in [7, 11) is 3.22. The lowest BCUT2D eigenvalue weighted by atomic mass is 9.85. The normalized spacial score (nSPS) is 19.7. The van der Waals surface area contributed by atoms with Crippen LogP contribution in [0.25, 0.3) is 11.8 Å². The molecule has 3 aliphatic rings. The van der Waals surface area contributed by atoms with Crippen molar-refractivity contribution in [3.63, 3.8) is 0 Å². The van der Waals surface area contributed by atoms with Gasteiger partial charge in [0.25, 0.3) is 0 Å². The van der Waals surface area contributed by atoms with Gasteiger partial charge >= 0.3 is 0 Å². The highest BCUT2D eigenvalue weighted by atomic mass is 35.6. The molecular formula is C22H20Cl3NO3. The average Bonchev–Trinajstić information content (AvgIpc) is 3.16. The standard InChI is InChI=1S/C22H20Cl3NO3/c1-27-18-4-3-13-9-17-16-8-15-11-29-10-14(15)7-12(16)5-6-26(17)21(22(23,24)25)19(13)20(18)28-2/h3-4,7-9,21H,5-6,10-11H2,1-2H3. The second kappa shape index (κ2) is 6.98. The smallest absolute Gasteiger partial charge is 0.214 e. The highest BCUT2D eigenvalue weighted by molar-refractivity contribution is 6.68. The highest BCUT2D eigenvalue weighted by Gasteiger charge is 2.46. The van der Waals surface area contributed by atoms with Crippen LogP contribution in [-0.2, 0) is 24.4 Å². The summed E-state index contributed by atoms with van der Waals surface area (Å²) in [5.74, 6) is 1.22. The van der Waals surface area contributed by atoms with Crippen LogP contribution in [0.15, 0.2) is 24.3 Å². The SMILES string of the molecule is COc1ccc2c(c1OC)C(C(Cl)(Cl)Cl)N1CCc3cc4c(cc3C1=C2)COC4. The lowest BCUT2D eigenvalue weighted by Gasteiger charge is -2.46. The Morgan fingerprint density at radius 2 is 1.79 bits per heavy atom. The third kappa shape index (κ3) is 3.00. The Bertz CT molecular complexity index is 1030. The number of rotatable bonds is 2. The monoisotopic (exact) mass is 451 g/mol. The summed E-state index contributed by atoms with van der Waals surface area (Å²) in [6.07, 6.45) is 3.03. The number of hydrogen-bond donors (Lipinski definition) is 0. The zero-order chi connectivity index (χ0) is 20.3. The zero-order valence-corrected chi connectivity index (χ0v) is 18.4. The van der Waals surface area contributed by atoms with E-state index in [1.807, 2.05) is 12.1 Å². The molecule has 0 spiro atoms. The summed E-state index contributed by atoms with van der Waals surface area (Å²) in [6.45, 7) is 2.07. The maximum atomic E-state index is 6.55. The minimum absolute atomic E-state index is 0.495. The van der Waals surface area contributed by atoms with Crippen molar-refractivity contribution in [2.75, 3.05) is 20.8 Å². The molecular weight excluding hydrogens is 433 g/mol. The van der Waals surface area contributed by atoms with Crippen molar-refractivity contribution >= 4 is 46.6 Å². The summed E-state index contributed by atoms with van der Waals surface area (Å²) in [5.41, 5.74) is 7.87. The van der Waals surface area contributed by atoms with Crippen LogP contribution in [0.1, 0.15) is 39.4 Å². The van der Waals surface area contributed by atoms with E-state index < -0.39 is 9.83 Å². The lowest BCUT2D eigenvalue weighted by molar-refractivity contribution is 0.134. The number of ether oxygens (including phenoxy) is 3. The number of hydrogen-bond acceptors (Lipinski definition) is 4. The van der Waals surface area contributed by atoms with Crippen molar-refractivity contribution in [2.45, 2.75) is 29.5 Å². The van der Waals surface area contributed by atoms with Gasteiger partial charge in [-0.1, -0.05) is 46.9 Å². The fraction of sp³-hybridized carbons (Fsp3) is 0.364. The molecule has 0 bridgehead atoms. The highest BCUT2D eigenvalue weighted by Crippen LogP contribution is 2.55. The van der Waals surface area contributed by atoms with Gasteiger partial charge in [0, 0.05) is 23.4 Å². The molecule has 0 aromatic heterocycles. The number of halogens is 3. The van der Waals surface area contributed by atoms with E-state index in [-0.39, 0.29) is 0 Å². The summed E-state index contributed by atoms with van der Waals surface area (Å²) in [5, 5.41) is 0. The maximum Gasteiger partial charge on any atom is 0.214 e. The molecule has 7 heteroatoms. The van der Waals surface area contributed by atoms with E-state index in [1.165, 1.54) is 22.3 Å².